The summed E-state index contributed by atoms with van der Waals surface area (Å²) in [7, 11) is 0. The second-order valence-electron chi connectivity index (χ2n) is 4.50. The maximum Gasteiger partial charge on any atom is 0.319 e. The molecule has 1 aromatic carbocycles. The zero-order chi connectivity index (χ0) is 14.5. The van der Waals surface area contributed by atoms with Crippen molar-refractivity contribution in [3.05, 3.63) is 23.2 Å². The van der Waals surface area contributed by atoms with Crippen LogP contribution in [0.5, 0.6) is 0 Å². The summed E-state index contributed by atoms with van der Waals surface area (Å²) < 4.78 is 0. The minimum Gasteiger partial charge on any atom is -0.394 e. The molecule has 0 aliphatic carbocycles. The SMILES string of the molecule is CCC(C)(CO)NC(=O)Nc1cc(Cl)ccc1SC. The van der Waals surface area contributed by atoms with E-state index in [-0.39, 0.29) is 12.6 Å². The molecule has 0 heterocycles. The van der Waals surface area contributed by atoms with Crippen molar-refractivity contribution in [1.82, 2.24) is 5.32 Å². The lowest BCUT2D eigenvalue weighted by Gasteiger charge is -2.27. The van der Waals surface area contributed by atoms with E-state index in [9.17, 15) is 9.90 Å². The average molecular weight is 303 g/mol. The minimum atomic E-state index is -0.623. The van der Waals surface area contributed by atoms with E-state index in [0.717, 1.165) is 4.90 Å². The average Bonchev–Trinajstić information content (AvgIpc) is 2.38. The molecule has 1 atom stereocenters. The Labute approximate surface area is 122 Å². The minimum absolute atomic E-state index is 0.109. The van der Waals surface area contributed by atoms with Crippen molar-refractivity contribution in [2.24, 2.45) is 0 Å². The van der Waals surface area contributed by atoms with Gasteiger partial charge in [0.15, 0.2) is 0 Å². The number of aliphatic hydroxyl groups excluding tert-OH is 1. The third-order valence-electron chi connectivity index (χ3n) is 2.95. The molecule has 0 saturated heterocycles. The predicted molar refractivity (Wildman–Crippen MR) is 81.2 cm³/mol. The van der Waals surface area contributed by atoms with E-state index in [1.165, 1.54) is 11.8 Å². The van der Waals surface area contributed by atoms with Crippen LogP contribution in [0, 0.1) is 0 Å². The van der Waals surface area contributed by atoms with Crippen molar-refractivity contribution in [3.63, 3.8) is 0 Å². The third kappa shape index (κ3) is 4.60. The monoisotopic (exact) mass is 302 g/mol. The number of hydrogen-bond donors (Lipinski definition) is 3. The predicted octanol–water partition coefficient (Wildman–Crippen LogP) is 3.34. The Morgan fingerprint density at radius 2 is 2.21 bits per heavy atom. The Bertz CT molecular complexity index is 450. The van der Waals surface area contributed by atoms with Gasteiger partial charge < -0.3 is 15.7 Å². The Morgan fingerprint density at radius 3 is 2.74 bits per heavy atom. The first-order valence-electron chi connectivity index (χ1n) is 5.97. The van der Waals surface area contributed by atoms with Gasteiger partial charge in [0.2, 0.25) is 0 Å². The number of urea groups is 1. The molecule has 0 radical (unpaired) electrons. The van der Waals surface area contributed by atoms with Gasteiger partial charge in [0.1, 0.15) is 0 Å². The van der Waals surface area contributed by atoms with Gasteiger partial charge in [-0.3, -0.25) is 0 Å². The Hall–Kier alpha value is -0.910. The topological polar surface area (TPSA) is 61.4 Å². The molecule has 3 N–H and O–H groups in total. The Balaban J connectivity index is 2.79. The highest BCUT2D eigenvalue weighted by atomic mass is 35.5. The first-order chi connectivity index (χ1) is 8.94. The van der Waals surface area contributed by atoms with Crippen molar-refractivity contribution in [2.45, 2.75) is 30.7 Å². The van der Waals surface area contributed by atoms with Crippen LogP contribution in [0.25, 0.3) is 0 Å². The molecule has 0 aliphatic heterocycles. The van der Waals surface area contributed by atoms with Gasteiger partial charge in [0.05, 0.1) is 17.8 Å². The van der Waals surface area contributed by atoms with E-state index in [1.54, 1.807) is 19.1 Å². The van der Waals surface area contributed by atoms with Crippen molar-refractivity contribution in [2.75, 3.05) is 18.2 Å². The summed E-state index contributed by atoms with van der Waals surface area (Å²) in [6.45, 7) is 3.59. The van der Waals surface area contributed by atoms with Gasteiger partial charge in [-0.2, -0.15) is 0 Å². The number of thioether (sulfide) groups is 1. The van der Waals surface area contributed by atoms with Crippen LogP contribution in [0.15, 0.2) is 23.1 Å². The fourth-order valence-electron chi connectivity index (χ4n) is 1.45. The van der Waals surface area contributed by atoms with Gasteiger partial charge in [0.25, 0.3) is 0 Å². The van der Waals surface area contributed by atoms with Crippen LogP contribution in [0.4, 0.5) is 10.5 Å². The number of carbonyl (C=O) groups excluding carboxylic acids is 1. The number of rotatable bonds is 5. The lowest BCUT2D eigenvalue weighted by atomic mass is 10.0. The molecular weight excluding hydrogens is 284 g/mol. The zero-order valence-electron chi connectivity index (χ0n) is 11.3. The number of amides is 2. The number of anilines is 1. The Kier molecular flexibility index (Phi) is 5.97. The van der Waals surface area contributed by atoms with Crippen LogP contribution in [0.3, 0.4) is 0 Å². The first-order valence-corrected chi connectivity index (χ1v) is 7.58. The van der Waals surface area contributed by atoms with E-state index in [1.807, 2.05) is 19.2 Å². The van der Waals surface area contributed by atoms with Crippen LogP contribution >= 0.6 is 23.4 Å². The smallest absolute Gasteiger partial charge is 0.319 e. The Morgan fingerprint density at radius 1 is 1.53 bits per heavy atom. The lowest BCUT2D eigenvalue weighted by Crippen LogP contribution is -2.50. The number of aliphatic hydroxyl groups is 1. The lowest BCUT2D eigenvalue weighted by molar-refractivity contribution is 0.172. The van der Waals surface area contributed by atoms with Crippen LogP contribution in [-0.4, -0.2) is 29.5 Å². The highest BCUT2D eigenvalue weighted by molar-refractivity contribution is 7.98. The van der Waals surface area contributed by atoms with Crippen molar-refractivity contribution < 1.29 is 9.90 Å². The summed E-state index contributed by atoms with van der Waals surface area (Å²) in [4.78, 5) is 12.9. The normalized spacial score (nSPS) is 13.7. The van der Waals surface area contributed by atoms with E-state index in [0.29, 0.717) is 17.1 Å². The molecule has 1 aromatic rings. The standard InChI is InChI=1S/C13H19ClN2O2S/c1-4-13(2,8-17)16-12(18)15-10-7-9(14)5-6-11(10)19-3/h5-7,17H,4,8H2,1-3H3,(H2,15,16,18). The van der Waals surface area contributed by atoms with E-state index >= 15 is 0 Å². The molecule has 0 bridgehead atoms. The van der Waals surface area contributed by atoms with Gasteiger partial charge in [0, 0.05) is 9.92 Å². The maximum atomic E-state index is 11.9. The molecule has 2 amide bonds. The summed E-state index contributed by atoms with van der Waals surface area (Å²) in [5, 5.41) is 15.4. The second-order valence-corrected chi connectivity index (χ2v) is 5.78. The molecule has 0 aliphatic rings. The molecule has 0 saturated carbocycles. The van der Waals surface area contributed by atoms with E-state index < -0.39 is 5.54 Å². The third-order valence-corrected chi connectivity index (χ3v) is 3.99. The number of hydrogen-bond acceptors (Lipinski definition) is 3. The number of benzene rings is 1. The molecular formula is C13H19ClN2O2S. The molecule has 106 valence electrons. The summed E-state index contributed by atoms with van der Waals surface area (Å²) in [5.74, 6) is 0. The van der Waals surface area contributed by atoms with Crippen LogP contribution in [0.2, 0.25) is 5.02 Å². The maximum absolute atomic E-state index is 11.9. The molecule has 4 nitrogen and oxygen atoms in total. The molecule has 0 spiro atoms. The molecule has 0 fully saturated rings. The van der Waals surface area contributed by atoms with Gasteiger partial charge in [-0.15, -0.1) is 11.8 Å². The van der Waals surface area contributed by atoms with Crippen molar-refractivity contribution in [3.8, 4) is 0 Å². The van der Waals surface area contributed by atoms with E-state index in [2.05, 4.69) is 10.6 Å². The highest BCUT2D eigenvalue weighted by Crippen LogP contribution is 2.28. The van der Waals surface area contributed by atoms with E-state index in [4.69, 9.17) is 11.6 Å². The number of halogens is 1. The molecule has 6 heteroatoms. The largest absolute Gasteiger partial charge is 0.394 e. The zero-order valence-corrected chi connectivity index (χ0v) is 12.9. The first kappa shape index (κ1) is 16.1. The van der Waals surface area contributed by atoms with Crippen molar-refractivity contribution in [1.29, 1.82) is 0 Å². The van der Waals surface area contributed by atoms with Crippen LogP contribution < -0.4 is 10.6 Å². The molecule has 19 heavy (non-hydrogen) atoms. The molecule has 1 rings (SSSR count). The molecule has 1 unspecified atom stereocenters. The summed E-state index contributed by atoms with van der Waals surface area (Å²) >= 11 is 7.45. The van der Waals surface area contributed by atoms with Crippen LogP contribution in [-0.2, 0) is 0 Å². The van der Waals surface area contributed by atoms with Gasteiger partial charge in [-0.25, -0.2) is 4.79 Å². The number of carbonyl (C=O) groups is 1. The summed E-state index contributed by atoms with van der Waals surface area (Å²) in [6, 6.07) is 4.99. The molecule has 0 aromatic heterocycles. The van der Waals surface area contributed by atoms with Gasteiger partial charge in [-0.05, 0) is 37.8 Å². The summed E-state index contributed by atoms with van der Waals surface area (Å²) in [5.41, 5.74) is 0.0382. The quantitative estimate of drug-likeness (QED) is 0.731. The fourth-order valence-corrected chi connectivity index (χ4v) is 2.15. The second kappa shape index (κ2) is 7.03. The fraction of sp³-hybridized carbons (Fsp3) is 0.462. The summed E-state index contributed by atoms with van der Waals surface area (Å²) in [6.07, 6.45) is 2.57. The highest BCUT2D eigenvalue weighted by Gasteiger charge is 2.23. The van der Waals surface area contributed by atoms with Gasteiger partial charge in [-0.1, -0.05) is 18.5 Å². The van der Waals surface area contributed by atoms with Gasteiger partial charge >= 0.3 is 6.03 Å². The van der Waals surface area contributed by atoms with Crippen LogP contribution in [0.1, 0.15) is 20.3 Å². The van der Waals surface area contributed by atoms with Crippen molar-refractivity contribution >= 4 is 35.1 Å². The number of nitrogens with one attached hydrogen (secondary N) is 2.